The van der Waals surface area contributed by atoms with Crippen LogP contribution in [0.1, 0.15) is 5.56 Å². The molecule has 1 rings (SSSR count). The average Bonchev–Trinajstić information content (AvgIpc) is 2.14. The Kier molecular flexibility index (Phi) is 3.59. The predicted octanol–water partition coefficient (Wildman–Crippen LogP) is 1.98. The van der Waals surface area contributed by atoms with Gasteiger partial charge in [0.2, 0.25) is 0 Å². The molecule has 0 saturated carbocycles. The highest BCUT2D eigenvalue weighted by atomic mass is 19.1. The molecule has 4 heteroatoms. The fraction of sp³-hybridized carbons (Fsp3) is 0.200. The van der Waals surface area contributed by atoms with Crippen LogP contribution in [0.5, 0.6) is 5.75 Å². The summed E-state index contributed by atoms with van der Waals surface area (Å²) in [5.41, 5.74) is 0.263. The topological polar surface area (TPSA) is 29.5 Å². The summed E-state index contributed by atoms with van der Waals surface area (Å²) >= 11 is 0. The molecule has 0 heterocycles. The van der Waals surface area contributed by atoms with Crippen LogP contribution in [0.3, 0.4) is 0 Å². The van der Waals surface area contributed by atoms with Crippen molar-refractivity contribution in [1.29, 1.82) is 0 Å². The Morgan fingerprint density at radius 3 is 2.71 bits per heavy atom. The van der Waals surface area contributed by atoms with Gasteiger partial charge in [0.15, 0.2) is 11.6 Å². The van der Waals surface area contributed by atoms with Crippen LogP contribution >= 0.6 is 0 Å². The molecule has 76 valence electrons. The van der Waals surface area contributed by atoms with Crippen molar-refractivity contribution < 1.29 is 18.6 Å². The third kappa shape index (κ3) is 2.29. The van der Waals surface area contributed by atoms with E-state index >= 15 is 0 Å². The van der Waals surface area contributed by atoms with Gasteiger partial charge in [-0.15, -0.1) is 0 Å². The van der Waals surface area contributed by atoms with Crippen molar-refractivity contribution in [3.8, 4) is 5.75 Å². The molecule has 0 saturated heterocycles. The van der Waals surface area contributed by atoms with Crippen molar-refractivity contribution in [3.05, 3.63) is 35.4 Å². The van der Waals surface area contributed by atoms with Crippen molar-refractivity contribution in [2.45, 2.75) is 0 Å². The standard InChI is InChI=1S/C10H10F2O2/c1-14-10-7(3-2-4-13)5-8(11)6-9(10)12/h2-3,5-6,13H,4H2,1H3/b3-2+. The van der Waals surface area contributed by atoms with E-state index in [9.17, 15) is 8.78 Å². The van der Waals surface area contributed by atoms with Gasteiger partial charge in [-0.3, -0.25) is 0 Å². The van der Waals surface area contributed by atoms with Gasteiger partial charge in [0.25, 0.3) is 0 Å². The first-order valence-electron chi connectivity index (χ1n) is 3.99. The van der Waals surface area contributed by atoms with E-state index < -0.39 is 11.6 Å². The van der Waals surface area contributed by atoms with E-state index in [1.807, 2.05) is 0 Å². The SMILES string of the molecule is COc1c(F)cc(F)cc1/C=C/CO. The third-order valence-electron chi connectivity index (χ3n) is 1.64. The molecule has 1 aromatic carbocycles. The molecule has 1 N–H and O–H groups in total. The molecule has 1 aromatic rings. The largest absolute Gasteiger partial charge is 0.493 e. The molecule has 0 amide bonds. The van der Waals surface area contributed by atoms with Crippen molar-refractivity contribution in [1.82, 2.24) is 0 Å². The van der Waals surface area contributed by atoms with E-state index in [1.165, 1.54) is 19.3 Å². The fourth-order valence-corrected chi connectivity index (χ4v) is 1.10. The number of ether oxygens (including phenoxy) is 1. The van der Waals surface area contributed by atoms with Gasteiger partial charge in [-0.05, 0) is 6.07 Å². The predicted molar refractivity (Wildman–Crippen MR) is 49.0 cm³/mol. The molecular weight excluding hydrogens is 190 g/mol. The quantitative estimate of drug-likeness (QED) is 0.808. The molecule has 14 heavy (non-hydrogen) atoms. The smallest absolute Gasteiger partial charge is 0.168 e. The second kappa shape index (κ2) is 4.72. The average molecular weight is 200 g/mol. The zero-order valence-electron chi connectivity index (χ0n) is 7.63. The van der Waals surface area contributed by atoms with Crippen LogP contribution in [0.15, 0.2) is 18.2 Å². The Balaban J connectivity index is 3.18. The molecule has 0 aliphatic heterocycles. The zero-order valence-corrected chi connectivity index (χ0v) is 7.63. The van der Waals surface area contributed by atoms with Crippen LogP contribution in [0.25, 0.3) is 6.08 Å². The first-order valence-corrected chi connectivity index (χ1v) is 3.99. The molecule has 0 aromatic heterocycles. The van der Waals surface area contributed by atoms with Gasteiger partial charge >= 0.3 is 0 Å². The van der Waals surface area contributed by atoms with E-state index in [-0.39, 0.29) is 17.9 Å². The summed E-state index contributed by atoms with van der Waals surface area (Å²) in [4.78, 5) is 0. The second-order valence-corrected chi connectivity index (χ2v) is 2.60. The molecular formula is C10H10F2O2. The summed E-state index contributed by atoms with van der Waals surface area (Å²) in [6, 6.07) is 1.88. The lowest BCUT2D eigenvalue weighted by atomic mass is 10.1. The van der Waals surface area contributed by atoms with Crippen LogP contribution in [0, 0.1) is 11.6 Å². The van der Waals surface area contributed by atoms with Crippen molar-refractivity contribution in [2.75, 3.05) is 13.7 Å². The van der Waals surface area contributed by atoms with Crippen molar-refractivity contribution >= 4 is 6.08 Å². The first kappa shape index (κ1) is 10.7. The molecule has 0 bridgehead atoms. The number of hydrogen-bond donors (Lipinski definition) is 1. The minimum Gasteiger partial charge on any atom is -0.493 e. The Morgan fingerprint density at radius 1 is 1.43 bits per heavy atom. The van der Waals surface area contributed by atoms with Gasteiger partial charge < -0.3 is 9.84 Å². The van der Waals surface area contributed by atoms with Gasteiger partial charge in [0.05, 0.1) is 13.7 Å². The minimum atomic E-state index is -0.759. The summed E-state index contributed by atoms with van der Waals surface area (Å²) in [6.45, 7) is -0.193. The third-order valence-corrected chi connectivity index (χ3v) is 1.64. The zero-order chi connectivity index (χ0) is 10.6. The molecule has 0 radical (unpaired) electrons. The van der Waals surface area contributed by atoms with E-state index in [0.29, 0.717) is 0 Å². The minimum absolute atomic E-state index is 0.0314. The number of aliphatic hydroxyl groups is 1. The fourth-order valence-electron chi connectivity index (χ4n) is 1.10. The lowest BCUT2D eigenvalue weighted by molar-refractivity contribution is 0.343. The molecule has 0 fully saturated rings. The van der Waals surface area contributed by atoms with Crippen LogP contribution in [0.2, 0.25) is 0 Å². The van der Waals surface area contributed by atoms with Gasteiger partial charge in [-0.1, -0.05) is 12.2 Å². The Hall–Kier alpha value is -1.42. The van der Waals surface area contributed by atoms with E-state index in [0.717, 1.165) is 12.1 Å². The molecule has 0 aliphatic carbocycles. The van der Waals surface area contributed by atoms with E-state index in [1.54, 1.807) is 0 Å². The van der Waals surface area contributed by atoms with E-state index in [2.05, 4.69) is 0 Å². The molecule has 2 nitrogen and oxygen atoms in total. The second-order valence-electron chi connectivity index (χ2n) is 2.60. The highest BCUT2D eigenvalue weighted by Crippen LogP contribution is 2.24. The Labute approximate surface area is 80.4 Å². The summed E-state index contributed by atoms with van der Waals surface area (Å²) in [5.74, 6) is -1.47. The first-order chi connectivity index (χ1) is 6.69. The monoisotopic (exact) mass is 200 g/mol. The lowest BCUT2D eigenvalue weighted by Crippen LogP contribution is -1.93. The molecule has 0 spiro atoms. The Bertz CT molecular complexity index is 348. The number of hydrogen-bond acceptors (Lipinski definition) is 2. The Morgan fingerprint density at radius 2 is 2.14 bits per heavy atom. The number of methoxy groups -OCH3 is 1. The summed E-state index contributed by atoms with van der Waals surface area (Å²) in [6.07, 6.45) is 2.77. The lowest BCUT2D eigenvalue weighted by Gasteiger charge is -2.05. The van der Waals surface area contributed by atoms with Crippen LogP contribution in [-0.2, 0) is 0 Å². The van der Waals surface area contributed by atoms with Gasteiger partial charge in [-0.25, -0.2) is 8.78 Å². The number of halogens is 2. The highest BCUT2D eigenvalue weighted by molar-refractivity contribution is 5.57. The highest BCUT2D eigenvalue weighted by Gasteiger charge is 2.09. The molecule has 0 atom stereocenters. The summed E-state index contributed by atoms with van der Waals surface area (Å²) < 4.78 is 30.6. The van der Waals surface area contributed by atoms with Crippen LogP contribution in [-0.4, -0.2) is 18.8 Å². The van der Waals surface area contributed by atoms with Crippen LogP contribution < -0.4 is 4.74 Å². The summed E-state index contributed by atoms with van der Waals surface area (Å²) in [7, 11) is 1.30. The van der Waals surface area contributed by atoms with Crippen molar-refractivity contribution in [2.24, 2.45) is 0 Å². The maximum Gasteiger partial charge on any atom is 0.168 e. The number of benzene rings is 1. The van der Waals surface area contributed by atoms with Gasteiger partial charge in [0.1, 0.15) is 5.82 Å². The number of rotatable bonds is 3. The maximum atomic E-state index is 13.1. The van der Waals surface area contributed by atoms with Crippen LogP contribution in [0.4, 0.5) is 8.78 Å². The number of aliphatic hydroxyl groups excluding tert-OH is 1. The van der Waals surface area contributed by atoms with Gasteiger partial charge in [-0.2, -0.15) is 0 Å². The summed E-state index contributed by atoms with van der Waals surface area (Å²) in [5, 5.41) is 8.51. The molecule has 0 aliphatic rings. The van der Waals surface area contributed by atoms with E-state index in [4.69, 9.17) is 9.84 Å². The maximum absolute atomic E-state index is 13.1. The van der Waals surface area contributed by atoms with Crippen molar-refractivity contribution in [3.63, 3.8) is 0 Å². The normalized spacial score (nSPS) is 10.9. The molecule has 0 unspecified atom stereocenters. The van der Waals surface area contributed by atoms with Gasteiger partial charge in [0, 0.05) is 11.6 Å².